The van der Waals surface area contributed by atoms with E-state index in [4.69, 9.17) is 4.74 Å². The zero-order valence-corrected chi connectivity index (χ0v) is 23.9. The second-order valence-corrected chi connectivity index (χ2v) is 12.0. The highest BCUT2D eigenvalue weighted by molar-refractivity contribution is 7.03. The van der Waals surface area contributed by atoms with Crippen LogP contribution in [0.1, 0.15) is 69.0 Å². The molecule has 4 aliphatic heterocycles. The lowest BCUT2D eigenvalue weighted by atomic mass is 9.87. The average Bonchev–Trinajstić information content (AvgIpc) is 3.60. The molecular weight excluding hydrogens is 554 g/mol. The fourth-order valence-electron chi connectivity index (χ4n) is 6.56. The van der Waals surface area contributed by atoms with Crippen LogP contribution in [0.25, 0.3) is 0 Å². The summed E-state index contributed by atoms with van der Waals surface area (Å²) in [6.45, 7) is 3.89. The van der Waals surface area contributed by atoms with Crippen molar-refractivity contribution in [2.75, 3.05) is 31.1 Å². The monoisotopic (exact) mass is 585 g/mol. The van der Waals surface area contributed by atoms with Gasteiger partial charge in [-0.25, -0.2) is 0 Å². The summed E-state index contributed by atoms with van der Waals surface area (Å²) in [5.74, 6) is 0.778. The Bertz CT molecular complexity index is 1570. The van der Waals surface area contributed by atoms with Crippen LogP contribution in [0.5, 0.6) is 5.75 Å². The van der Waals surface area contributed by atoms with Gasteiger partial charge in [0, 0.05) is 30.5 Å². The SMILES string of the molecule is O=C1CCC(N2Cc3cc(C4CCN(Cc5ccc6c(c5)C(=O)N(c5ccsn5)CCO6)CC4)ccc3C2=O)C(=O)N1. The Morgan fingerprint density at radius 1 is 0.929 bits per heavy atom. The molecule has 7 rings (SSSR count). The Hall–Kier alpha value is -4.09. The van der Waals surface area contributed by atoms with Crippen LogP contribution >= 0.6 is 11.5 Å². The second kappa shape index (κ2) is 11.0. The van der Waals surface area contributed by atoms with Gasteiger partial charge in [0.1, 0.15) is 24.2 Å². The zero-order chi connectivity index (χ0) is 28.8. The summed E-state index contributed by atoms with van der Waals surface area (Å²) in [6, 6.07) is 13.2. The number of hydrogen-bond donors (Lipinski definition) is 1. The van der Waals surface area contributed by atoms with Crippen LogP contribution in [0, 0.1) is 0 Å². The van der Waals surface area contributed by atoms with Crippen molar-refractivity contribution in [1.82, 2.24) is 19.5 Å². The molecule has 216 valence electrons. The van der Waals surface area contributed by atoms with Gasteiger partial charge in [-0.2, -0.15) is 4.37 Å². The van der Waals surface area contributed by atoms with E-state index in [1.165, 1.54) is 17.1 Å². The van der Waals surface area contributed by atoms with Gasteiger partial charge < -0.3 is 9.64 Å². The Kier molecular flexibility index (Phi) is 6.99. The molecule has 0 aliphatic carbocycles. The first kappa shape index (κ1) is 26.8. The minimum Gasteiger partial charge on any atom is -0.491 e. The maximum atomic E-state index is 13.4. The molecular formula is C31H31N5O5S. The predicted octanol–water partition coefficient (Wildman–Crippen LogP) is 3.32. The number of nitrogens with one attached hydrogen (secondary N) is 1. The van der Waals surface area contributed by atoms with Gasteiger partial charge in [-0.1, -0.05) is 18.2 Å². The van der Waals surface area contributed by atoms with Crippen LogP contribution in [0.4, 0.5) is 5.82 Å². The Labute approximate surface area is 247 Å². The lowest BCUT2D eigenvalue weighted by Gasteiger charge is -2.32. The third-order valence-electron chi connectivity index (χ3n) is 8.81. The molecule has 2 saturated heterocycles. The maximum absolute atomic E-state index is 13.4. The van der Waals surface area contributed by atoms with Gasteiger partial charge in [-0.3, -0.25) is 34.3 Å². The van der Waals surface area contributed by atoms with Gasteiger partial charge in [0.05, 0.1) is 12.1 Å². The first-order valence-electron chi connectivity index (χ1n) is 14.4. The lowest BCUT2D eigenvalue weighted by molar-refractivity contribution is -0.136. The van der Waals surface area contributed by atoms with E-state index >= 15 is 0 Å². The summed E-state index contributed by atoms with van der Waals surface area (Å²) >= 11 is 1.33. The smallest absolute Gasteiger partial charge is 0.263 e. The molecule has 1 N–H and O–H groups in total. The molecule has 1 atom stereocenters. The summed E-state index contributed by atoms with van der Waals surface area (Å²) in [4.78, 5) is 56.0. The third-order valence-corrected chi connectivity index (χ3v) is 9.36. The maximum Gasteiger partial charge on any atom is 0.263 e. The van der Waals surface area contributed by atoms with Gasteiger partial charge in [0.25, 0.3) is 11.8 Å². The van der Waals surface area contributed by atoms with Crippen LogP contribution in [0.3, 0.4) is 0 Å². The molecule has 1 unspecified atom stereocenters. The Morgan fingerprint density at radius 2 is 1.79 bits per heavy atom. The number of nitrogens with zero attached hydrogens (tertiary/aromatic N) is 4. The summed E-state index contributed by atoms with van der Waals surface area (Å²) in [5, 5.41) is 4.23. The molecule has 0 bridgehead atoms. The Balaban J connectivity index is 0.989. The molecule has 3 aromatic rings. The molecule has 2 aromatic carbocycles. The van der Waals surface area contributed by atoms with Crippen molar-refractivity contribution < 1.29 is 23.9 Å². The number of rotatable bonds is 5. The summed E-state index contributed by atoms with van der Waals surface area (Å²) in [5.41, 5.74) is 4.48. The Morgan fingerprint density at radius 3 is 2.57 bits per heavy atom. The molecule has 1 aromatic heterocycles. The molecule has 10 nitrogen and oxygen atoms in total. The van der Waals surface area contributed by atoms with E-state index < -0.39 is 6.04 Å². The highest BCUT2D eigenvalue weighted by atomic mass is 32.1. The molecule has 0 spiro atoms. The fourth-order valence-corrected chi connectivity index (χ4v) is 7.07. The number of carbonyl (C=O) groups excluding carboxylic acids is 4. The largest absolute Gasteiger partial charge is 0.491 e. The van der Waals surface area contributed by atoms with Crippen molar-refractivity contribution in [3.8, 4) is 5.75 Å². The standard InChI is InChI=1S/C31H31N5O5S/c37-28-6-4-25(29(38)32-28)36-18-22-16-21(2-3-23(22)30(36)39)20-7-10-34(11-8-20)17-19-1-5-26-24(15-19)31(40)35(12-13-41-26)27-9-14-42-33-27/h1-3,5,9,14-16,20,25H,4,6-8,10-13,17-18H2,(H,32,37,38). The molecule has 11 heteroatoms. The second-order valence-electron chi connectivity index (χ2n) is 11.4. The summed E-state index contributed by atoms with van der Waals surface area (Å²) < 4.78 is 10.2. The first-order valence-corrected chi connectivity index (χ1v) is 15.3. The van der Waals surface area contributed by atoms with Gasteiger partial charge in [0.2, 0.25) is 11.8 Å². The van der Waals surface area contributed by atoms with Crippen LogP contribution in [0.2, 0.25) is 0 Å². The number of amides is 4. The highest BCUT2D eigenvalue weighted by Gasteiger charge is 2.39. The fraction of sp³-hybridized carbons (Fsp3) is 0.387. The van der Waals surface area contributed by atoms with Gasteiger partial charge in [-0.05, 0) is 90.8 Å². The van der Waals surface area contributed by atoms with Gasteiger partial charge >= 0.3 is 0 Å². The molecule has 0 saturated carbocycles. The lowest BCUT2D eigenvalue weighted by Crippen LogP contribution is -2.52. The molecule has 5 heterocycles. The van der Waals surface area contributed by atoms with Crippen LogP contribution in [0.15, 0.2) is 47.8 Å². The number of ether oxygens (including phenoxy) is 1. The van der Waals surface area contributed by atoms with Crippen molar-refractivity contribution in [3.05, 3.63) is 75.7 Å². The first-order chi connectivity index (χ1) is 20.4. The molecule has 4 amide bonds. The number of imide groups is 1. The number of benzene rings is 2. The van der Waals surface area contributed by atoms with E-state index in [9.17, 15) is 19.2 Å². The topological polar surface area (TPSA) is 112 Å². The summed E-state index contributed by atoms with van der Waals surface area (Å²) in [7, 11) is 0. The molecule has 42 heavy (non-hydrogen) atoms. The van der Waals surface area contributed by atoms with Crippen molar-refractivity contribution >= 4 is 41.0 Å². The minimum atomic E-state index is -0.598. The van der Waals surface area contributed by atoms with Crippen LogP contribution in [-0.2, 0) is 22.7 Å². The quantitative estimate of drug-likeness (QED) is 0.457. The van der Waals surface area contributed by atoms with Crippen LogP contribution < -0.4 is 15.0 Å². The van der Waals surface area contributed by atoms with Crippen molar-refractivity contribution in [2.24, 2.45) is 0 Å². The molecule has 4 aliphatic rings. The number of anilines is 1. The van der Waals surface area contributed by atoms with E-state index in [1.54, 1.807) is 9.80 Å². The predicted molar refractivity (Wildman–Crippen MR) is 155 cm³/mol. The average molecular weight is 586 g/mol. The molecule has 0 radical (unpaired) electrons. The van der Waals surface area contributed by atoms with Crippen molar-refractivity contribution in [1.29, 1.82) is 0 Å². The number of aromatic nitrogens is 1. The normalized spacial score (nSPS) is 21.6. The number of fused-ring (bicyclic) bond motifs is 2. The number of carbonyl (C=O) groups is 4. The molecule has 2 fully saturated rings. The van der Waals surface area contributed by atoms with E-state index in [0.717, 1.165) is 43.6 Å². The number of piperidine rings is 2. The van der Waals surface area contributed by atoms with E-state index in [-0.39, 0.29) is 30.0 Å². The summed E-state index contributed by atoms with van der Waals surface area (Å²) in [6.07, 6.45) is 2.61. The number of hydrogen-bond acceptors (Lipinski definition) is 8. The van der Waals surface area contributed by atoms with E-state index in [1.807, 2.05) is 35.7 Å². The van der Waals surface area contributed by atoms with E-state index in [2.05, 4.69) is 26.7 Å². The van der Waals surface area contributed by atoms with E-state index in [0.29, 0.717) is 54.7 Å². The minimum absolute atomic E-state index is 0.0831. The number of likely N-dealkylation sites (tertiary alicyclic amines) is 1. The van der Waals surface area contributed by atoms with Gasteiger partial charge in [-0.15, -0.1) is 0 Å². The highest BCUT2D eigenvalue weighted by Crippen LogP contribution is 2.34. The van der Waals surface area contributed by atoms with Gasteiger partial charge in [0.15, 0.2) is 0 Å². The van der Waals surface area contributed by atoms with Crippen molar-refractivity contribution in [2.45, 2.75) is 50.7 Å². The van der Waals surface area contributed by atoms with Crippen molar-refractivity contribution in [3.63, 3.8) is 0 Å². The third kappa shape index (κ3) is 4.96. The van der Waals surface area contributed by atoms with Crippen LogP contribution in [-0.4, -0.2) is 70.1 Å². The zero-order valence-electron chi connectivity index (χ0n) is 23.1.